The summed E-state index contributed by atoms with van der Waals surface area (Å²) >= 11 is 0. The fourth-order valence-corrected chi connectivity index (χ4v) is 2.54. The number of carbonyl (C=O) groups is 1. The minimum Gasteiger partial charge on any atom is -0.465 e. The van der Waals surface area contributed by atoms with Gasteiger partial charge in [0.05, 0.1) is 13.2 Å². The smallest absolute Gasteiger partial charge is 0.317 e. The lowest BCUT2D eigenvalue weighted by atomic mass is 10.00. The van der Waals surface area contributed by atoms with E-state index < -0.39 is 0 Å². The van der Waals surface area contributed by atoms with Crippen molar-refractivity contribution in [2.75, 3.05) is 33.9 Å². The predicted molar refractivity (Wildman–Crippen MR) is 96.6 cm³/mol. The van der Waals surface area contributed by atoms with Crippen molar-refractivity contribution < 1.29 is 14.3 Å². The third-order valence-corrected chi connectivity index (χ3v) is 3.78. The molecular formula is C20H29NO3. The summed E-state index contributed by atoms with van der Waals surface area (Å²) in [5, 5.41) is 0. The number of methoxy groups -OCH3 is 1. The molecule has 0 aliphatic rings. The number of rotatable bonds is 10. The molecular weight excluding hydrogens is 302 g/mol. The molecule has 1 rings (SSSR count). The van der Waals surface area contributed by atoms with E-state index in [2.05, 4.69) is 48.1 Å². The number of carbonyl (C=O) groups excluding carboxylic acids is 1. The van der Waals surface area contributed by atoms with Gasteiger partial charge in [-0.2, -0.15) is 0 Å². The zero-order chi connectivity index (χ0) is 17.6. The first kappa shape index (κ1) is 20.2. The van der Waals surface area contributed by atoms with Crippen LogP contribution >= 0.6 is 0 Å². The molecule has 0 aliphatic carbocycles. The van der Waals surface area contributed by atoms with Gasteiger partial charge in [-0.1, -0.05) is 42.2 Å². The molecule has 0 radical (unpaired) electrons. The molecule has 24 heavy (non-hydrogen) atoms. The van der Waals surface area contributed by atoms with E-state index in [1.807, 2.05) is 6.07 Å². The molecule has 1 aromatic rings. The van der Waals surface area contributed by atoms with Crippen molar-refractivity contribution in [2.45, 2.75) is 38.6 Å². The summed E-state index contributed by atoms with van der Waals surface area (Å²) in [5.41, 5.74) is 1.30. The highest BCUT2D eigenvalue weighted by atomic mass is 16.5. The van der Waals surface area contributed by atoms with Crippen LogP contribution in [0.25, 0.3) is 0 Å². The Hall–Kier alpha value is -1.83. The molecule has 0 heterocycles. The number of benzene rings is 1. The van der Waals surface area contributed by atoms with Gasteiger partial charge in [0, 0.05) is 19.8 Å². The molecule has 132 valence electrons. The monoisotopic (exact) mass is 331 g/mol. The van der Waals surface area contributed by atoms with Crippen molar-refractivity contribution in [3.05, 3.63) is 35.9 Å². The lowest BCUT2D eigenvalue weighted by Crippen LogP contribution is -2.25. The number of nitrogens with zero attached hydrogens (tertiary/aromatic N) is 1. The number of esters is 1. The van der Waals surface area contributed by atoms with Crippen LogP contribution in [0.5, 0.6) is 0 Å². The van der Waals surface area contributed by atoms with Crippen molar-refractivity contribution in [1.82, 2.24) is 4.90 Å². The largest absolute Gasteiger partial charge is 0.465 e. The SMILES string of the molecule is CCOC(=O)CC#CCN(C)C(CCCCOC)c1ccccc1. The van der Waals surface area contributed by atoms with E-state index in [1.54, 1.807) is 14.0 Å². The maximum absolute atomic E-state index is 11.3. The molecule has 0 spiro atoms. The molecule has 4 heteroatoms. The fraction of sp³-hybridized carbons (Fsp3) is 0.550. The summed E-state index contributed by atoms with van der Waals surface area (Å²) < 4.78 is 10.0. The Morgan fingerprint density at radius 3 is 2.62 bits per heavy atom. The maximum atomic E-state index is 11.3. The Morgan fingerprint density at radius 1 is 1.21 bits per heavy atom. The van der Waals surface area contributed by atoms with E-state index in [4.69, 9.17) is 9.47 Å². The average molecular weight is 331 g/mol. The second-order valence-electron chi connectivity index (χ2n) is 5.67. The van der Waals surface area contributed by atoms with E-state index >= 15 is 0 Å². The van der Waals surface area contributed by atoms with Gasteiger partial charge in [0.25, 0.3) is 0 Å². The van der Waals surface area contributed by atoms with Crippen LogP contribution < -0.4 is 0 Å². The van der Waals surface area contributed by atoms with Gasteiger partial charge in [-0.15, -0.1) is 0 Å². The van der Waals surface area contributed by atoms with Gasteiger partial charge in [-0.3, -0.25) is 9.69 Å². The third kappa shape index (κ3) is 8.14. The van der Waals surface area contributed by atoms with Crippen LogP contribution in [0.2, 0.25) is 0 Å². The van der Waals surface area contributed by atoms with Crippen molar-refractivity contribution in [3.8, 4) is 11.8 Å². The number of unbranched alkanes of at least 4 members (excludes halogenated alkanes) is 1. The first-order chi connectivity index (χ1) is 11.7. The minimum atomic E-state index is -0.258. The van der Waals surface area contributed by atoms with E-state index in [9.17, 15) is 4.79 Å². The highest BCUT2D eigenvalue weighted by Gasteiger charge is 2.15. The fourth-order valence-electron chi connectivity index (χ4n) is 2.54. The molecule has 1 unspecified atom stereocenters. The Bertz CT molecular complexity index is 519. The van der Waals surface area contributed by atoms with Crippen LogP contribution in [0.15, 0.2) is 30.3 Å². The molecule has 0 N–H and O–H groups in total. The second kappa shape index (κ2) is 12.6. The summed E-state index contributed by atoms with van der Waals surface area (Å²) in [5.74, 6) is 5.72. The van der Waals surface area contributed by atoms with E-state index in [0.717, 1.165) is 25.9 Å². The van der Waals surface area contributed by atoms with Crippen LogP contribution in [-0.2, 0) is 14.3 Å². The molecule has 0 bridgehead atoms. The van der Waals surface area contributed by atoms with Gasteiger partial charge in [-0.25, -0.2) is 0 Å². The molecule has 0 fully saturated rings. The molecule has 1 aromatic carbocycles. The van der Waals surface area contributed by atoms with Gasteiger partial charge < -0.3 is 9.47 Å². The Labute approximate surface area is 146 Å². The number of hydrogen-bond donors (Lipinski definition) is 0. The normalized spacial score (nSPS) is 11.7. The van der Waals surface area contributed by atoms with Gasteiger partial charge in [0.1, 0.15) is 6.42 Å². The summed E-state index contributed by atoms with van der Waals surface area (Å²) in [6.07, 6.45) is 3.38. The third-order valence-electron chi connectivity index (χ3n) is 3.78. The van der Waals surface area contributed by atoms with Crippen molar-refractivity contribution >= 4 is 5.97 Å². The van der Waals surface area contributed by atoms with E-state index in [-0.39, 0.29) is 12.4 Å². The Morgan fingerprint density at radius 2 is 1.96 bits per heavy atom. The highest BCUT2D eigenvalue weighted by molar-refractivity contribution is 5.72. The van der Waals surface area contributed by atoms with Crippen LogP contribution in [0, 0.1) is 11.8 Å². The highest BCUT2D eigenvalue weighted by Crippen LogP contribution is 2.24. The lowest BCUT2D eigenvalue weighted by molar-refractivity contribution is -0.141. The average Bonchev–Trinajstić information content (AvgIpc) is 2.59. The Balaban J connectivity index is 2.58. The summed E-state index contributed by atoms with van der Waals surface area (Å²) in [7, 11) is 3.81. The summed E-state index contributed by atoms with van der Waals surface area (Å²) in [6, 6.07) is 10.8. The molecule has 0 saturated heterocycles. The van der Waals surface area contributed by atoms with Gasteiger partial charge in [-0.05, 0) is 38.8 Å². The number of hydrogen-bond acceptors (Lipinski definition) is 4. The molecule has 1 atom stereocenters. The van der Waals surface area contributed by atoms with Crippen LogP contribution in [-0.4, -0.2) is 44.8 Å². The zero-order valence-corrected chi connectivity index (χ0v) is 15.1. The first-order valence-electron chi connectivity index (χ1n) is 8.54. The molecule has 0 aromatic heterocycles. The van der Waals surface area contributed by atoms with Gasteiger partial charge in [0.2, 0.25) is 0 Å². The molecule has 0 saturated carbocycles. The zero-order valence-electron chi connectivity index (χ0n) is 15.1. The van der Waals surface area contributed by atoms with E-state index in [1.165, 1.54) is 5.56 Å². The topological polar surface area (TPSA) is 38.8 Å². The molecule has 0 amide bonds. The van der Waals surface area contributed by atoms with Crippen molar-refractivity contribution in [1.29, 1.82) is 0 Å². The van der Waals surface area contributed by atoms with Crippen LogP contribution in [0.3, 0.4) is 0 Å². The molecule has 4 nitrogen and oxygen atoms in total. The van der Waals surface area contributed by atoms with Crippen molar-refractivity contribution in [3.63, 3.8) is 0 Å². The summed E-state index contributed by atoms with van der Waals surface area (Å²) in [6.45, 7) is 3.62. The maximum Gasteiger partial charge on any atom is 0.317 e. The minimum absolute atomic E-state index is 0.158. The lowest BCUT2D eigenvalue weighted by Gasteiger charge is -2.27. The number of ether oxygens (including phenoxy) is 2. The quantitative estimate of drug-likeness (QED) is 0.374. The van der Waals surface area contributed by atoms with Gasteiger partial charge >= 0.3 is 5.97 Å². The second-order valence-corrected chi connectivity index (χ2v) is 5.67. The molecule has 0 aliphatic heterocycles. The standard InChI is InChI=1S/C20H29NO3/c1-4-24-20(22)15-8-10-16-21(2)19(14-9-11-17-23-3)18-12-6-5-7-13-18/h5-7,12-13,19H,4,9,11,14-17H2,1-3H3. The summed E-state index contributed by atoms with van der Waals surface area (Å²) in [4.78, 5) is 13.5. The first-order valence-corrected chi connectivity index (χ1v) is 8.54. The van der Waals surface area contributed by atoms with Crippen LogP contribution in [0.1, 0.15) is 44.2 Å². The van der Waals surface area contributed by atoms with E-state index in [0.29, 0.717) is 19.2 Å². The van der Waals surface area contributed by atoms with Gasteiger partial charge in [0.15, 0.2) is 0 Å². The Kier molecular flexibility index (Phi) is 10.6. The van der Waals surface area contributed by atoms with Crippen molar-refractivity contribution in [2.24, 2.45) is 0 Å². The van der Waals surface area contributed by atoms with Crippen LogP contribution in [0.4, 0.5) is 0 Å². The predicted octanol–water partition coefficient (Wildman–Crippen LogP) is 3.43.